The number of sulfone groups is 1. The van der Waals surface area contributed by atoms with Crippen molar-refractivity contribution in [3.63, 3.8) is 0 Å². The lowest BCUT2D eigenvalue weighted by Gasteiger charge is -2.29. The standard InChI is InChI=1S/C17H17BrN2O5S2.ClH/c18-14-5-4-13(26-14)17(11-15(21)22)6-8-20(9-10-27(17,24)25)16(23)12-3-1-2-7-19-12;/h1-5,7H,6,8-11H2,(H,21,22);1H/t17-;/m0./s1. The molecule has 7 nitrogen and oxygen atoms in total. The lowest BCUT2D eigenvalue weighted by molar-refractivity contribution is -0.137. The van der Waals surface area contributed by atoms with E-state index >= 15 is 0 Å². The van der Waals surface area contributed by atoms with Crippen molar-refractivity contribution in [1.29, 1.82) is 0 Å². The lowest BCUT2D eigenvalue weighted by atomic mass is 9.97. The van der Waals surface area contributed by atoms with E-state index in [9.17, 15) is 23.1 Å². The zero-order chi connectivity index (χ0) is 19.7. The van der Waals surface area contributed by atoms with E-state index in [1.54, 1.807) is 30.3 Å². The average Bonchev–Trinajstić information content (AvgIpc) is 3.01. The molecule has 1 aliphatic heterocycles. The number of nitrogens with zero attached hydrogens (tertiary/aromatic N) is 2. The maximum atomic E-state index is 13.1. The molecular formula is C17H18BrClN2O5S2. The highest BCUT2D eigenvalue weighted by molar-refractivity contribution is 9.11. The number of hydrogen-bond acceptors (Lipinski definition) is 6. The summed E-state index contributed by atoms with van der Waals surface area (Å²) in [7, 11) is -3.81. The number of amides is 1. The summed E-state index contributed by atoms with van der Waals surface area (Å²) < 4.78 is 25.5. The summed E-state index contributed by atoms with van der Waals surface area (Å²) in [5.74, 6) is -1.84. The number of aliphatic carboxylic acids is 1. The summed E-state index contributed by atoms with van der Waals surface area (Å²) in [6, 6.07) is 8.30. The van der Waals surface area contributed by atoms with E-state index in [2.05, 4.69) is 20.9 Å². The first-order valence-electron chi connectivity index (χ1n) is 8.15. The fourth-order valence-electron chi connectivity index (χ4n) is 3.23. The zero-order valence-corrected chi connectivity index (χ0v) is 18.6. The van der Waals surface area contributed by atoms with Gasteiger partial charge in [0.25, 0.3) is 5.91 Å². The number of carbonyl (C=O) groups is 2. The minimum atomic E-state index is -3.81. The first-order valence-corrected chi connectivity index (χ1v) is 11.4. The van der Waals surface area contributed by atoms with Crippen LogP contribution in [0.15, 0.2) is 40.3 Å². The van der Waals surface area contributed by atoms with Crippen LogP contribution in [0, 0.1) is 0 Å². The molecule has 2 aromatic heterocycles. The van der Waals surface area contributed by atoms with Crippen molar-refractivity contribution in [2.75, 3.05) is 18.8 Å². The predicted molar refractivity (Wildman–Crippen MR) is 112 cm³/mol. The molecule has 0 radical (unpaired) electrons. The quantitative estimate of drug-likeness (QED) is 0.679. The third-order valence-electron chi connectivity index (χ3n) is 4.64. The average molecular weight is 510 g/mol. The van der Waals surface area contributed by atoms with Gasteiger partial charge in [-0.05, 0) is 46.6 Å². The van der Waals surface area contributed by atoms with E-state index in [4.69, 9.17) is 0 Å². The molecule has 152 valence electrons. The van der Waals surface area contributed by atoms with E-state index in [0.717, 1.165) is 3.79 Å². The molecule has 0 bridgehead atoms. The topological polar surface area (TPSA) is 105 Å². The Morgan fingerprint density at radius 2 is 2.00 bits per heavy atom. The van der Waals surface area contributed by atoms with Crippen molar-refractivity contribution in [1.82, 2.24) is 9.88 Å². The highest BCUT2D eigenvalue weighted by atomic mass is 79.9. The molecule has 1 amide bonds. The normalized spacial score (nSPS) is 21.4. The molecule has 1 N–H and O–H groups in total. The van der Waals surface area contributed by atoms with Crippen LogP contribution in [-0.4, -0.2) is 54.1 Å². The van der Waals surface area contributed by atoms with Crippen molar-refractivity contribution < 1.29 is 23.1 Å². The maximum absolute atomic E-state index is 13.1. The van der Waals surface area contributed by atoms with Crippen LogP contribution < -0.4 is 0 Å². The Morgan fingerprint density at radius 3 is 2.57 bits per heavy atom. The van der Waals surface area contributed by atoms with Crippen LogP contribution in [0.2, 0.25) is 0 Å². The van der Waals surface area contributed by atoms with Gasteiger partial charge in [0.05, 0.1) is 16.0 Å². The Labute approximate surface area is 181 Å². The molecule has 1 aliphatic rings. The number of carboxylic acid groups (broad SMARTS) is 1. The van der Waals surface area contributed by atoms with Gasteiger partial charge in [-0.15, -0.1) is 23.7 Å². The van der Waals surface area contributed by atoms with Crippen LogP contribution in [0.5, 0.6) is 0 Å². The van der Waals surface area contributed by atoms with E-state index in [1.165, 1.54) is 22.4 Å². The molecule has 0 unspecified atom stereocenters. The first-order chi connectivity index (χ1) is 12.7. The van der Waals surface area contributed by atoms with Crippen LogP contribution >= 0.6 is 39.7 Å². The molecule has 1 saturated heterocycles. The number of aromatic nitrogens is 1. The highest BCUT2D eigenvalue weighted by Crippen LogP contribution is 2.44. The van der Waals surface area contributed by atoms with Crippen molar-refractivity contribution in [3.8, 4) is 0 Å². The molecule has 1 atom stereocenters. The highest BCUT2D eigenvalue weighted by Gasteiger charge is 2.50. The number of hydrogen-bond donors (Lipinski definition) is 1. The minimum Gasteiger partial charge on any atom is -0.481 e. The van der Waals surface area contributed by atoms with E-state index in [-0.39, 0.29) is 49.3 Å². The van der Waals surface area contributed by atoms with Crippen molar-refractivity contribution in [2.24, 2.45) is 0 Å². The Kier molecular flexibility index (Phi) is 7.24. The first kappa shape index (κ1) is 22.8. The van der Waals surface area contributed by atoms with Crippen molar-refractivity contribution in [3.05, 3.63) is 50.9 Å². The fourth-order valence-corrected chi connectivity index (χ4v) is 7.20. The van der Waals surface area contributed by atoms with Gasteiger partial charge >= 0.3 is 5.97 Å². The molecule has 0 aliphatic carbocycles. The van der Waals surface area contributed by atoms with Crippen LogP contribution in [0.25, 0.3) is 0 Å². The van der Waals surface area contributed by atoms with E-state index < -0.39 is 27.0 Å². The Balaban J connectivity index is 0.00000280. The molecule has 0 aromatic carbocycles. The van der Waals surface area contributed by atoms with Crippen molar-refractivity contribution in [2.45, 2.75) is 17.6 Å². The Morgan fingerprint density at radius 1 is 1.25 bits per heavy atom. The molecule has 1 fully saturated rings. The number of thiophene rings is 1. The fraction of sp³-hybridized carbons (Fsp3) is 0.353. The number of carbonyl (C=O) groups excluding carboxylic acids is 1. The van der Waals surface area contributed by atoms with Gasteiger partial charge in [-0.3, -0.25) is 14.6 Å². The SMILES string of the molecule is Cl.O=C(O)C[C@]1(c2ccc(Br)s2)CCN(C(=O)c2ccccn2)CCS1(=O)=O. The Hall–Kier alpha value is -1.49. The summed E-state index contributed by atoms with van der Waals surface area (Å²) in [6.45, 7) is 0.142. The molecule has 11 heteroatoms. The van der Waals surface area contributed by atoms with Crippen LogP contribution in [0.4, 0.5) is 0 Å². The van der Waals surface area contributed by atoms with Crippen LogP contribution in [0.1, 0.15) is 28.2 Å². The summed E-state index contributed by atoms with van der Waals surface area (Å²) in [5.41, 5.74) is 0.236. The predicted octanol–water partition coefficient (Wildman–Crippen LogP) is 2.96. The lowest BCUT2D eigenvalue weighted by Crippen LogP contribution is -2.39. The van der Waals surface area contributed by atoms with Gasteiger partial charge in [-0.2, -0.15) is 0 Å². The van der Waals surface area contributed by atoms with E-state index in [1.807, 2.05) is 0 Å². The minimum absolute atomic E-state index is 0. The second kappa shape index (κ2) is 8.89. The van der Waals surface area contributed by atoms with Gasteiger partial charge < -0.3 is 10.0 Å². The molecule has 0 saturated carbocycles. The monoisotopic (exact) mass is 508 g/mol. The molecule has 0 spiro atoms. The van der Waals surface area contributed by atoms with Gasteiger partial charge in [-0.25, -0.2) is 8.42 Å². The third kappa shape index (κ3) is 4.40. The van der Waals surface area contributed by atoms with Crippen LogP contribution in [0.3, 0.4) is 0 Å². The molecule has 3 heterocycles. The number of carboxylic acids is 1. The largest absolute Gasteiger partial charge is 0.481 e. The summed E-state index contributed by atoms with van der Waals surface area (Å²) in [4.78, 5) is 30.2. The number of rotatable bonds is 4. The van der Waals surface area contributed by atoms with Gasteiger partial charge in [0.1, 0.15) is 10.4 Å². The number of halogens is 2. The number of pyridine rings is 1. The van der Waals surface area contributed by atoms with Crippen LogP contribution in [-0.2, 0) is 19.4 Å². The maximum Gasteiger partial charge on any atom is 0.305 e. The smallest absolute Gasteiger partial charge is 0.305 e. The second-order valence-electron chi connectivity index (χ2n) is 6.24. The van der Waals surface area contributed by atoms with Gasteiger partial charge in [0.15, 0.2) is 9.84 Å². The Bertz CT molecular complexity index is 967. The van der Waals surface area contributed by atoms with E-state index in [0.29, 0.717) is 4.88 Å². The second-order valence-corrected chi connectivity index (χ2v) is 11.1. The third-order valence-corrected chi connectivity index (χ3v) is 9.08. The summed E-state index contributed by atoms with van der Waals surface area (Å²) in [5, 5.41) is 9.41. The van der Waals surface area contributed by atoms with Gasteiger partial charge in [0, 0.05) is 24.2 Å². The zero-order valence-electron chi connectivity index (χ0n) is 14.6. The summed E-state index contributed by atoms with van der Waals surface area (Å²) >= 11 is 4.53. The van der Waals surface area contributed by atoms with Gasteiger partial charge in [-0.1, -0.05) is 6.07 Å². The van der Waals surface area contributed by atoms with Crippen molar-refractivity contribution >= 4 is 61.4 Å². The molecule has 28 heavy (non-hydrogen) atoms. The van der Waals surface area contributed by atoms with Gasteiger partial charge in [0.2, 0.25) is 0 Å². The molecular weight excluding hydrogens is 492 g/mol. The molecule has 2 aromatic rings. The summed E-state index contributed by atoms with van der Waals surface area (Å²) in [6.07, 6.45) is 0.987. The molecule has 3 rings (SSSR count).